The number of carboxylic acid groups (broad SMARTS) is 1. The van der Waals surface area contributed by atoms with E-state index < -0.39 is 12.2 Å². The maximum absolute atomic E-state index is 12.0. The van der Waals surface area contributed by atoms with Crippen molar-refractivity contribution in [2.75, 3.05) is 25.2 Å². The summed E-state index contributed by atoms with van der Waals surface area (Å²) in [6.07, 6.45) is 1.59. The Labute approximate surface area is 223 Å². The van der Waals surface area contributed by atoms with Crippen molar-refractivity contribution < 1.29 is 28.5 Å². The maximum atomic E-state index is 12.0. The van der Waals surface area contributed by atoms with Gasteiger partial charge in [-0.25, -0.2) is 14.8 Å². The normalized spacial score (nSPS) is 14.5. The molecule has 0 bridgehead atoms. The molecular weight excluding hydrogens is 500 g/mol. The third-order valence-electron chi connectivity index (χ3n) is 6.67. The predicted octanol–water partition coefficient (Wildman–Crippen LogP) is 5.70. The molecule has 0 fully saturated rings. The number of nitrogens with zero attached hydrogens (tertiary/aromatic N) is 4. The van der Waals surface area contributed by atoms with E-state index in [4.69, 9.17) is 18.6 Å². The molecule has 1 N–H and O–H groups in total. The summed E-state index contributed by atoms with van der Waals surface area (Å²) < 4.78 is 24.0. The quantitative estimate of drug-likeness (QED) is 0.308. The standard InChI is InChI=1S/C29H26N4O6/c1-15-7-20(26-22(8-15)32-25(36-4)12-31-26)23-11-21-27(39-23)16(2)9-24-28(21)37-14-19(38-24)13-33(29(34)35)18-5-6-30-17(3)10-18/h5-12,19H,13-14H2,1-4H3,(H,34,35)/t19-/m1/s1. The van der Waals surface area contributed by atoms with Gasteiger partial charge >= 0.3 is 6.09 Å². The molecule has 3 aromatic heterocycles. The van der Waals surface area contributed by atoms with Crippen LogP contribution < -0.4 is 19.1 Å². The van der Waals surface area contributed by atoms with E-state index in [0.717, 1.165) is 27.8 Å². The summed E-state index contributed by atoms with van der Waals surface area (Å²) in [5, 5.41) is 10.6. The largest absolute Gasteiger partial charge is 0.485 e. The number of aromatic nitrogens is 3. The number of hydrogen-bond donors (Lipinski definition) is 1. The molecule has 0 radical (unpaired) electrons. The Hall–Kier alpha value is -4.86. The number of anilines is 1. The second kappa shape index (κ2) is 9.46. The highest BCUT2D eigenvalue weighted by molar-refractivity contribution is 5.97. The number of ether oxygens (including phenoxy) is 3. The van der Waals surface area contributed by atoms with Gasteiger partial charge in [-0.05, 0) is 68.3 Å². The fourth-order valence-corrected chi connectivity index (χ4v) is 4.89. The van der Waals surface area contributed by atoms with Gasteiger partial charge in [0.05, 0.1) is 42.0 Å². The summed E-state index contributed by atoms with van der Waals surface area (Å²) in [4.78, 5) is 26.5. The van der Waals surface area contributed by atoms with Gasteiger partial charge in [-0.15, -0.1) is 0 Å². The fourth-order valence-electron chi connectivity index (χ4n) is 4.89. The van der Waals surface area contributed by atoms with E-state index in [1.54, 1.807) is 31.6 Å². The molecule has 0 aliphatic carbocycles. The van der Waals surface area contributed by atoms with Crippen LogP contribution in [-0.2, 0) is 0 Å². The van der Waals surface area contributed by atoms with Crippen LogP contribution in [0.1, 0.15) is 16.8 Å². The topological polar surface area (TPSA) is 120 Å². The lowest BCUT2D eigenvalue weighted by molar-refractivity contribution is 0.0959. The third kappa shape index (κ3) is 4.43. The van der Waals surface area contributed by atoms with Gasteiger partial charge in [-0.1, -0.05) is 0 Å². The van der Waals surface area contributed by atoms with Gasteiger partial charge in [0.25, 0.3) is 0 Å². The van der Waals surface area contributed by atoms with Gasteiger partial charge in [0.15, 0.2) is 17.6 Å². The lowest BCUT2D eigenvalue weighted by Gasteiger charge is -2.30. The number of amides is 1. The molecule has 198 valence electrons. The van der Waals surface area contributed by atoms with Crippen molar-refractivity contribution in [1.29, 1.82) is 0 Å². The number of hydrogen-bond acceptors (Lipinski definition) is 8. The molecule has 0 saturated carbocycles. The van der Waals surface area contributed by atoms with Crippen molar-refractivity contribution in [2.45, 2.75) is 26.9 Å². The zero-order valence-corrected chi connectivity index (χ0v) is 21.9. The number of carbonyl (C=O) groups is 1. The van der Waals surface area contributed by atoms with E-state index in [1.165, 1.54) is 4.90 Å². The summed E-state index contributed by atoms with van der Waals surface area (Å²) in [6, 6.07) is 11.1. The van der Waals surface area contributed by atoms with Gasteiger partial charge in [0.1, 0.15) is 18.0 Å². The molecule has 0 unspecified atom stereocenters. The second-order valence-electron chi connectivity index (χ2n) is 9.57. The van der Waals surface area contributed by atoms with Crippen LogP contribution in [0.5, 0.6) is 17.4 Å². The van der Waals surface area contributed by atoms with Crippen LogP contribution in [0, 0.1) is 20.8 Å². The van der Waals surface area contributed by atoms with Gasteiger partial charge in [-0.3, -0.25) is 9.88 Å². The molecule has 2 aromatic carbocycles. The Balaban J connectivity index is 1.35. The Morgan fingerprint density at radius 3 is 2.77 bits per heavy atom. The molecule has 1 aliphatic rings. The van der Waals surface area contributed by atoms with E-state index in [1.807, 2.05) is 45.0 Å². The average molecular weight is 527 g/mol. The zero-order valence-electron chi connectivity index (χ0n) is 21.9. The van der Waals surface area contributed by atoms with Crippen molar-refractivity contribution in [1.82, 2.24) is 15.0 Å². The Bertz CT molecular complexity index is 1750. The highest BCUT2D eigenvalue weighted by atomic mass is 16.6. The van der Waals surface area contributed by atoms with Gasteiger partial charge in [0, 0.05) is 17.5 Å². The van der Waals surface area contributed by atoms with E-state index in [-0.39, 0.29) is 13.2 Å². The highest BCUT2D eigenvalue weighted by Crippen LogP contribution is 2.44. The molecular formula is C29H26N4O6. The Morgan fingerprint density at radius 2 is 2.00 bits per heavy atom. The minimum atomic E-state index is -1.08. The van der Waals surface area contributed by atoms with E-state index in [9.17, 15) is 9.90 Å². The van der Waals surface area contributed by atoms with Crippen molar-refractivity contribution in [3.05, 3.63) is 65.6 Å². The van der Waals surface area contributed by atoms with Crippen LogP contribution in [0.2, 0.25) is 0 Å². The Kier molecular flexibility index (Phi) is 5.94. The smallest absolute Gasteiger partial charge is 0.411 e. The monoisotopic (exact) mass is 526 g/mol. The minimum absolute atomic E-state index is 0.101. The summed E-state index contributed by atoms with van der Waals surface area (Å²) in [6.45, 7) is 6.02. The molecule has 10 nitrogen and oxygen atoms in total. The van der Waals surface area contributed by atoms with Gasteiger partial charge in [-0.2, -0.15) is 0 Å². The summed E-state index contributed by atoms with van der Waals surface area (Å²) in [5.74, 6) is 2.17. The average Bonchev–Trinajstić information content (AvgIpc) is 3.37. The van der Waals surface area contributed by atoms with Crippen LogP contribution in [0.3, 0.4) is 0 Å². The second-order valence-corrected chi connectivity index (χ2v) is 9.57. The first-order valence-corrected chi connectivity index (χ1v) is 12.4. The number of fused-ring (bicyclic) bond motifs is 4. The zero-order chi connectivity index (χ0) is 27.3. The molecule has 1 aliphatic heterocycles. The Morgan fingerprint density at radius 1 is 1.15 bits per heavy atom. The summed E-state index contributed by atoms with van der Waals surface area (Å²) in [5.41, 5.74) is 6.03. The third-order valence-corrected chi connectivity index (χ3v) is 6.67. The van der Waals surface area contributed by atoms with Crippen LogP contribution in [-0.4, -0.2) is 52.5 Å². The molecule has 1 amide bonds. The number of methoxy groups -OCH3 is 1. The van der Waals surface area contributed by atoms with Crippen molar-refractivity contribution >= 4 is 33.8 Å². The summed E-state index contributed by atoms with van der Waals surface area (Å²) >= 11 is 0. The van der Waals surface area contributed by atoms with Crippen LogP contribution in [0.15, 0.2) is 53.2 Å². The SMILES string of the molecule is COc1cnc2c(-c3cc4c5c(cc(C)c4o3)O[C@H](CN(C(=O)O)c3ccnc(C)c3)CO5)cc(C)cc2n1. The molecule has 0 spiro atoms. The molecule has 4 heterocycles. The molecule has 5 aromatic rings. The number of aryl methyl sites for hydroxylation is 3. The fraction of sp³-hybridized carbons (Fsp3) is 0.241. The van der Waals surface area contributed by atoms with Gasteiger partial charge < -0.3 is 23.7 Å². The maximum Gasteiger partial charge on any atom is 0.411 e. The van der Waals surface area contributed by atoms with E-state index >= 15 is 0 Å². The number of furan rings is 1. The lowest BCUT2D eigenvalue weighted by atomic mass is 10.1. The lowest BCUT2D eigenvalue weighted by Crippen LogP contribution is -2.43. The highest BCUT2D eigenvalue weighted by Gasteiger charge is 2.29. The van der Waals surface area contributed by atoms with Crippen LogP contribution in [0.25, 0.3) is 33.3 Å². The van der Waals surface area contributed by atoms with E-state index in [0.29, 0.717) is 45.4 Å². The van der Waals surface area contributed by atoms with Crippen LogP contribution in [0.4, 0.5) is 10.5 Å². The van der Waals surface area contributed by atoms with Crippen LogP contribution >= 0.6 is 0 Å². The molecule has 6 rings (SSSR count). The number of benzene rings is 2. The molecule has 0 saturated heterocycles. The number of rotatable bonds is 5. The number of pyridine rings is 1. The van der Waals surface area contributed by atoms with Crippen molar-refractivity contribution in [3.8, 4) is 28.7 Å². The molecule has 10 heteroatoms. The molecule has 1 atom stereocenters. The van der Waals surface area contributed by atoms with E-state index in [2.05, 4.69) is 15.0 Å². The first-order valence-electron chi connectivity index (χ1n) is 12.4. The minimum Gasteiger partial charge on any atom is -0.485 e. The van der Waals surface area contributed by atoms with Gasteiger partial charge in [0.2, 0.25) is 5.88 Å². The molecule has 39 heavy (non-hydrogen) atoms. The first kappa shape index (κ1) is 24.5. The van der Waals surface area contributed by atoms with Crippen molar-refractivity contribution in [3.63, 3.8) is 0 Å². The summed E-state index contributed by atoms with van der Waals surface area (Å²) in [7, 11) is 1.56. The first-order chi connectivity index (χ1) is 18.8. The van der Waals surface area contributed by atoms with Crippen molar-refractivity contribution in [2.24, 2.45) is 0 Å². The predicted molar refractivity (Wildman–Crippen MR) is 145 cm³/mol.